The molecule has 0 spiro atoms. The van der Waals surface area contributed by atoms with Crippen molar-refractivity contribution in [3.8, 4) is 5.75 Å². The first-order valence-electron chi connectivity index (χ1n) is 14.6. The fourth-order valence-corrected chi connectivity index (χ4v) is 4.31. The standard InChI is InChI=1S/C25H30ClN5O.C5H10O2.C3H8/c1-4-23(26)25-29-17(2)28-22-11-18(13-27-14-22)5-6-20-12-21(30-25)7-8-24(20)32-16-19-9-10-31(3)15-19;1-5(2,3)7-4-6;1-3-2/h4,7-8,11-14,19,28H,2,5-6,9-10,15-16H2,1,3H3,(H,29,30);4H,1-3H3;3H2,1-2H3/b23-4+;;. The number of nitrogens with one attached hydrogen (secondary N) is 2. The van der Waals surface area contributed by atoms with Crippen molar-refractivity contribution in [2.75, 3.05) is 37.4 Å². The van der Waals surface area contributed by atoms with Crippen molar-refractivity contribution < 1.29 is 14.3 Å². The van der Waals surface area contributed by atoms with Gasteiger partial charge in [0.25, 0.3) is 6.47 Å². The lowest BCUT2D eigenvalue weighted by atomic mass is 10.0. The summed E-state index contributed by atoms with van der Waals surface area (Å²) in [7, 11) is 2.17. The van der Waals surface area contributed by atoms with Gasteiger partial charge < -0.3 is 25.0 Å². The lowest BCUT2D eigenvalue weighted by Gasteiger charge is -2.17. The number of rotatable bonds is 5. The first kappa shape index (κ1) is 34.8. The fraction of sp³-hybridized carbons (Fsp3) is 0.485. The maximum absolute atomic E-state index is 9.60. The fourth-order valence-electron chi connectivity index (χ4n) is 4.22. The van der Waals surface area contributed by atoms with Gasteiger partial charge in [-0.2, -0.15) is 0 Å². The van der Waals surface area contributed by atoms with Crippen molar-refractivity contribution in [1.82, 2.24) is 9.88 Å². The van der Waals surface area contributed by atoms with Gasteiger partial charge in [-0.25, -0.2) is 4.99 Å². The highest BCUT2D eigenvalue weighted by Crippen LogP contribution is 2.28. The second-order valence-corrected chi connectivity index (χ2v) is 11.9. The van der Waals surface area contributed by atoms with Crippen LogP contribution in [0.5, 0.6) is 5.75 Å². The molecule has 2 aliphatic heterocycles. The maximum atomic E-state index is 9.60. The average Bonchev–Trinajstić information content (AvgIpc) is 3.35. The highest BCUT2D eigenvalue weighted by atomic mass is 35.5. The van der Waals surface area contributed by atoms with E-state index in [9.17, 15) is 4.79 Å². The second kappa shape index (κ2) is 17.6. The van der Waals surface area contributed by atoms with Crippen molar-refractivity contribution in [2.24, 2.45) is 10.9 Å². The summed E-state index contributed by atoms with van der Waals surface area (Å²) in [5.41, 5.74) is 3.72. The number of benzene rings is 1. The lowest BCUT2D eigenvalue weighted by Crippen LogP contribution is -2.18. The Morgan fingerprint density at radius 1 is 1.17 bits per heavy atom. The van der Waals surface area contributed by atoms with Crippen LogP contribution in [0.2, 0.25) is 0 Å². The van der Waals surface area contributed by atoms with Gasteiger partial charge in [-0.05, 0) is 95.9 Å². The molecule has 2 aromatic rings. The Bertz CT molecular complexity index is 1220. The van der Waals surface area contributed by atoms with E-state index in [-0.39, 0.29) is 5.60 Å². The molecule has 9 heteroatoms. The van der Waals surface area contributed by atoms with Gasteiger partial charge in [0.05, 0.1) is 23.5 Å². The Labute approximate surface area is 257 Å². The van der Waals surface area contributed by atoms with E-state index < -0.39 is 0 Å². The molecule has 1 aromatic carbocycles. The van der Waals surface area contributed by atoms with Gasteiger partial charge in [-0.3, -0.25) is 9.78 Å². The van der Waals surface area contributed by atoms with Crippen LogP contribution >= 0.6 is 11.6 Å². The number of carbonyl (C=O) groups is 1. The van der Waals surface area contributed by atoms with Crippen molar-refractivity contribution >= 4 is 35.3 Å². The number of anilines is 2. The number of pyridine rings is 1. The molecule has 42 heavy (non-hydrogen) atoms. The average molecular weight is 598 g/mol. The Kier molecular flexibility index (Phi) is 14.6. The number of nitrogens with zero attached hydrogens (tertiary/aromatic N) is 3. The molecule has 1 aromatic heterocycles. The molecule has 2 N–H and O–H groups in total. The minimum Gasteiger partial charge on any atom is -0.493 e. The molecule has 0 radical (unpaired) electrons. The molecule has 2 aliphatic rings. The third-order valence-corrected chi connectivity index (χ3v) is 6.58. The monoisotopic (exact) mass is 597 g/mol. The molecule has 0 amide bonds. The summed E-state index contributed by atoms with van der Waals surface area (Å²) < 4.78 is 10.9. The smallest absolute Gasteiger partial charge is 0.293 e. The summed E-state index contributed by atoms with van der Waals surface area (Å²) in [6.07, 6.45) is 9.59. The van der Waals surface area contributed by atoms with Gasteiger partial charge in [0.2, 0.25) is 0 Å². The van der Waals surface area contributed by atoms with Crippen molar-refractivity contribution in [1.29, 1.82) is 0 Å². The summed E-state index contributed by atoms with van der Waals surface area (Å²) in [5.74, 6) is 2.52. The number of fused-ring (bicyclic) bond motifs is 4. The highest BCUT2D eigenvalue weighted by Gasteiger charge is 2.20. The predicted octanol–water partition coefficient (Wildman–Crippen LogP) is 7.42. The van der Waals surface area contributed by atoms with E-state index in [4.69, 9.17) is 16.3 Å². The van der Waals surface area contributed by atoms with Gasteiger partial charge in [0, 0.05) is 24.3 Å². The van der Waals surface area contributed by atoms with Crippen LogP contribution in [0.3, 0.4) is 0 Å². The number of allylic oxidation sites excluding steroid dienone is 1. The van der Waals surface area contributed by atoms with Crippen molar-refractivity contribution in [3.05, 3.63) is 71.3 Å². The topological polar surface area (TPSA) is 88.1 Å². The number of aryl methyl sites for hydroxylation is 2. The number of aliphatic imine (C=N–C) groups is 1. The van der Waals surface area contributed by atoms with E-state index in [1.54, 1.807) is 12.3 Å². The number of hydrogen-bond acceptors (Lipinski definition) is 8. The van der Waals surface area contributed by atoms with Gasteiger partial charge >= 0.3 is 0 Å². The molecule has 1 atom stereocenters. The molecular formula is C33H48ClN5O3. The minimum absolute atomic E-state index is 0.318. The maximum Gasteiger partial charge on any atom is 0.293 e. The van der Waals surface area contributed by atoms with E-state index in [1.165, 1.54) is 12.8 Å². The molecule has 3 heterocycles. The Morgan fingerprint density at radius 3 is 2.50 bits per heavy atom. The van der Waals surface area contributed by atoms with Crippen molar-refractivity contribution in [2.45, 2.75) is 72.8 Å². The van der Waals surface area contributed by atoms with Gasteiger partial charge in [-0.1, -0.05) is 44.5 Å². The van der Waals surface area contributed by atoms with E-state index >= 15 is 0 Å². The quantitative estimate of drug-likeness (QED) is 0.347. The van der Waals surface area contributed by atoms with Crippen LogP contribution in [0.1, 0.15) is 65.5 Å². The Morgan fingerprint density at radius 2 is 1.90 bits per heavy atom. The van der Waals surface area contributed by atoms with Crippen LogP contribution in [0.4, 0.5) is 11.4 Å². The number of ether oxygens (including phenoxy) is 2. The molecular weight excluding hydrogens is 550 g/mol. The molecule has 8 nitrogen and oxygen atoms in total. The van der Waals surface area contributed by atoms with Gasteiger partial charge in [-0.15, -0.1) is 0 Å². The number of halogens is 1. The number of hydrogen-bond donors (Lipinski definition) is 2. The number of aromatic nitrogens is 1. The summed E-state index contributed by atoms with van der Waals surface area (Å²) in [5, 5.41) is 7.07. The molecule has 1 unspecified atom stereocenters. The van der Waals surface area contributed by atoms with Crippen molar-refractivity contribution in [3.63, 3.8) is 0 Å². The molecule has 1 saturated heterocycles. The second-order valence-electron chi connectivity index (χ2n) is 11.5. The molecule has 4 bridgehead atoms. The van der Waals surface area contributed by atoms with E-state index in [2.05, 4.69) is 69.9 Å². The van der Waals surface area contributed by atoms with Gasteiger partial charge in [0.15, 0.2) is 5.84 Å². The third-order valence-electron chi connectivity index (χ3n) is 6.18. The largest absolute Gasteiger partial charge is 0.493 e. The van der Waals surface area contributed by atoms with Crippen LogP contribution in [0.15, 0.2) is 65.2 Å². The van der Waals surface area contributed by atoms with Crippen LogP contribution in [0, 0.1) is 5.92 Å². The summed E-state index contributed by atoms with van der Waals surface area (Å²) >= 11 is 6.44. The first-order valence-corrected chi connectivity index (χ1v) is 15.0. The van der Waals surface area contributed by atoms with E-state index in [1.807, 2.05) is 46.0 Å². The zero-order chi connectivity index (χ0) is 31.1. The highest BCUT2D eigenvalue weighted by molar-refractivity contribution is 6.45. The third kappa shape index (κ3) is 12.7. The zero-order valence-corrected chi connectivity index (χ0v) is 27.1. The summed E-state index contributed by atoms with van der Waals surface area (Å²) in [6, 6.07) is 8.25. The van der Waals surface area contributed by atoms with Crippen LogP contribution in [-0.2, 0) is 22.4 Å². The van der Waals surface area contributed by atoms with E-state index in [0.717, 1.165) is 60.8 Å². The predicted molar refractivity (Wildman–Crippen MR) is 175 cm³/mol. The Balaban J connectivity index is 0.000000534. The van der Waals surface area contributed by atoms with E-state index in [0.29, 0.717) is 29.1 Å². The number of likely N-dealkylation sites (tertiary alicyclic amines) is 1. The van der Waals surface area contributed by atoms with Gasteiger partial charge in [0.1, 0.15) is 17.2 Å². The molecule has 0 aliphatic carbocycles. The first-order chi connectivity index (χ1) is 20.0. The number of amidine groups is 1. The molecule has 230 valence electrons. The zero-order valence-electron chi connectivity index (χ0n) is 26.3. The SMILES string of the molecule is C=C1/N=C(\C(Cl)=C/C)Nc2ccc(OCC3CCN(C)C3)c(c2)CCc2cncc(c2)N1.CC(C)(C)OC=O.CCC. The Hall–Kier alpha value is -3.36. The van der Waals surface area contributed by atoms with Crippen LogP contribution < -0.4 is 15.4 Å². The minimum atomic E-state index is -0.318. The molecule has 0 saturated carbocycles. The summed E-state index contributed by atoms with van der Waals surface area (Å²) in [4.78, 5) is 20.9. The summed E-state index contributed by atoms with van der Waals surface area (Å²) in [6.45, 7) is 19.0. The molecule has 1 fully saturated rings. The lowest BCUT2D eigenvalue weighted by molar-refractivity contribution is -0.138. The number of carbonyl (C=O) groups excluding carboxylic acids is 1. The normalized spacial score (nSPS) is 18.5. The molecule has 4 rings (SSSR count). The van der Waals surface area contributed by atoms with Crippen LogP contribution in [-0.4, -0.2) is 54.5 Å². The van der Waals surface area contributed by atoms with Crippen LogP contribution in [0.25, 0.3) is 0 Å².